The molecule has 2 aromatic rings. The Morgan fingerprint density at radius 3 is 2.54 bits per heavy atom. The van der Waals surface area contributed by atoms with Crippen molar-refractivity contribution in [3.8, 4) is 0 Å². The first-order chi connectivity index (χ1) is 11.5. The molecule has 0 aliphatic heterocycles. The number of nitro groups is 1. The number of thiocarbonyl (C=S) groups is 1. The molecule has 0 fully saturated rings. The summed E-state index contributed by atoms with van der Waals surface area (Å²) in [6.07, 6.45) is 0.922. The maximum absolute atomic E-state index is 11.9. The predicted octanol–water partition coefficient (Wildman–Crippen LogP) is 3.35. The summed E-state index contributed by atoms with van der Waals surface area (Å²) in [6, 6.07) is 14.3. The number of hydrogen-bond acceptors (Lipinski definition) is 4. The summed E-state index contributed by atoms with van der Waals surface area (Å²) in [6.45, 7) is 1.63. The Bertz CT molecular complexity index is 763. The fourth-order valence-electron chi connectivity index (χ4n) is 2.20. The Balaban J connectivity index is 1.90. The average Bonchev–Trinajstić information content (AvgIpc) is 2.55. The van der Waals surface area contributed by atoms with Crippen molar-refractivity contribution in [1.29, 1.82) is 0 Å². The summed E-state index contributed by atoms with van der Waals surface area (Å²) in [5, 5.41) is 16.5. The third-order valence-electron chi connectivity index (χ3n) is 3.49. The van der Waals surface area contributed by atoms with Crippen molar-refractivity contribution in [3.63, 3.8) is 0 Å². The third-order valence-corrected chi connectivity index (χ3v) is 3.69. The zero-order valence-electron chi connectivity index (χ0n) is 13.1. The molecule has 0 saturated carbocycles. The van der Waals surface area contributed by atoms with E-state index in [2.05, 4.69) is 10.6 Å². The van der Waals surface area contributed by atoms with Gasteiger partial charge in [0.05, 0.1) is 16.2 Å². The maximum atomic E-state index is 11.9. The van der Waals surface area contributed by atoms with Crippen LogP contribution in [0.3, 0.4) is 0 Å². The topological polar surface area (TPSA) is 84.3 Å². The van der Waals surface area contributed by atoms with Crippen molar-refractivity contribution in [2.75, 3.05) is 5.32 Å². The van der Waals surface area contributed by atoms with Gasteiger partial charge < -0.3 is 10.6 Å². The summed E-state index contributed by atoms with van der Waals surface area (Å²) in [7, 11) is 0. The zero-order valence-corrected chi connectivity index (χ0v) is 13.9. The highest BCUT2D eigenvalue weighted by Crippen LogP contribution is 2.24. The molecule has 0 saturated heterocycles. The van der Waals surface area contributed by atoms with Crippen molar-refractivity contribution in [1.82, 2.24) is 5.32 Å². The molecule has 24 heavy (non-hydrogen) atoms. The summed E-state index contributed by atoms with van der Waals surface area (Å²) >= 11 is 5.10. The lowest BCUT2D eigenvalue weighted by molar-refractivity contribution is -0.385. The fourth-order valence-corrected chi connectivity index (χ4v) is 2.43. The van der Waals surface area contributed by atoms with Crippen LogP contribution in [0.1, 0.15) is 17.5 Å². The molecule has 1 amide bonds. The van der Waals surface area contributed by atoms with Crippen LogP contribution in [0.2, 0.25) is 0 Å². The van der Waals surface area contributed by atoms with Crippen LogP contribution in [0.25, 0.3) is 0 Å². The van der Waals surface area contributed by atoms with Gasteiger partial charge in [-0.25, -0.2) is 0 Å². The van der Waals surface area contributed by atoms with E-state index >= 15 is 0 Å². The van der Waals surface area contributed by atoms with Crippen LogP contribution in [-0.4, -0.2) is 15.9 Å². The largest absolute Gasteiger partial charge is 0.332 e. The molecule has 7 heteroatoms. The third kappa shape index (κ3) is 4.85. The molecule has 0 spiro atoms. The van der Waals surface area contributed by atoms with Gasteiger partial charge in [0.1, 0.15) is 0 Å². The monoisotopic (exact) mass is 343 g/mol. The Labute approximate surface area is 145 Å². The van der Waals surface area contributed by atoms with Crippen LogP contribution in [0, 0.1) is 17.0 Å². The van der Waals surface area contributed by atoms with Crippen LogP contribution >= 0.6 is 12.2 Å². The molecule has 0 radical (unpaired) electrons. The molecule has 2 aromatic carbocycles. The molecule has 2 N–H and O–H groups in total. The molecule has 0 heterocycles. The molecular formula is C17H17N3O3S. The first kappa shape index (κ1) is 17.6. The van der Waals surface area contributed by atoms with Gasteiger partial charge in [-0.15, -0.1) is 0 Å². The molecule has 0 aliphatic carbocycles. The van der Waals surface area contributed by atoms with E-state index in [1.807, 2.05) is 30.3 Å². The maximum Gasteiger partial charge on any atom is 0.274 e. The smallest absolute Gasteiger partial charge is 0.274 e. The van der Waals surface area contributed by atoms with Crippen LogP contribution in [0.4, 0.5) is 11.4 Å². The molecule has 0 aromatic heterocycles. The van der Waals surface area contributed by atoms with Gasteiger partial charge in [-0.2, -0.15) is 0 Å². The van der Waals surface area contributed by atoms with E-state index in [4.69, 9.17) is 12.2 Å². The van der Waals surface area contributed by atoms with E-state index in [9.17, 15) is 14.9 Å². The number of benzene rings is 2. The number of nitrogens with zero attached hydrogens (tertiary/aromatic N) is 1. The summed E-state index contributed by atoms with van der Waals surface area (Å²) in [5.41, 5.74) is 2.03. The standard InChI is InChI=1S/C17H17N3O3S/c1-12-14(8-5-9-15(12)20(22)23)18-17(24)19-16(21)11-10-13-6-3-2-4-7-13/h2-9H,10-11H2,1H3,(H2,18,19,21,24). The molecule has 6 nitrogen and oxygen atoms in total. The van der Waals surface area contributed by atoms with Crippen molar-refractivity contribution < 1.29 is 9.72 Å². The summed E-state index contributed by atoms with van der Waals surface area (Å²) in [4.78, 5) is 22.4. The fraction of sp³-hybridized carbons (Fsp3) is 0.176. The lowest BCUT2D eigenvalue weighted by Crippen LogP contribution is -2.34. The Hall–Kier alpha value is -2.80. The number of nitro benzene ring substituents is 1. The molecular weight excluding hydrogens is 326 g/mol. The van der Waals surface area contributed by atoms with E-state index < -0.39 is 4.92 Å². The number of carbonyl (C=O) groups excluding carboxylic acids is 1. The van der Waals surface area contributed by atoms with Crippen LogP contribution in [0.5, 0.6) is 0 Å². The highest BCUT2D eigenvalue weighted by molar-refractivity contribution is 7.80. The highest BCUT2D eigenvalue weighted by atomic mass is 32.1. The first-order valence-electron chi connectivity index (χ1n) is 7.36. The van der Waals surface area contributed by atoms with E-state index in [1.165, 1.54) is 6.07 Å². The molecule has 2 rings (SSSR count). The number of rotatable bonds is 5. The second-order valence-electron chi connectivity index (χ2n) is 5.19. The van der Waals surface area contributed by atoms with Gasteiger partial charge in [0.2, 0.25) is 5.91 Å². The number of aryl methyl sites for hydroxylation is 1. The molecule has 0 aliphatic rings. The van der Waals surface area contributed by atoms with Gasteiger partial charge in [0, 0.05) is 12.5 Å². The second kappa shape index (κ2) is 8.16. The number of amides is 1. The molecule has 0 bridgehead atoms. The van der Waals surface area contributed by atoms with Crippen molar-refractivity contribution in [2.45, 2.75) is 19.8 Å². The van der Waals surface area contributed by atoms with Gasteiger partial charge in [0.15, 0.2) is 5.11 Å². The average molecular weight is 343 g/mol. The van der Waals surface area contributed by atoms with Gasteiger partial charge in [-0.3, -0.25) is 14.9 Å². The summed E-state index contributed by atoms with van der Waals surface area (Å²) in [5.74, 6) is -0.209. The predicted molar refractivity (Wildman–Crippen MR) is 97.0 cm³/mol. The van der Waals surface area contributed by atoms with Gasteiger partial charge in [-0.1, -0.05) is 36.4 Å². The minimum Gasteiger partial charge on any atom is -0.332 e. The van der Waals surface area contributed by atoms with Gasteiger partial charge in [-0.05, 0) is 37.2 Å². The highest BCUT2D eigenvalue weighted by Gasteiger charge is 2.14. The Morgan fingerprint density at radius 1 is 1.17 bits per heavy atom. The minimum absolute atomic E-state index is 0.00166. The lowest BCUT2D eigenvalue weighted by atomic mass is 10.1. The summed E-state index contributed by atoms with van der Waals surface area (Å²) < 4.78 is 0. The quantitative estimate of drug-likeness (QED) is 0.494. The Morgan fingerprint density at radius 2 is 1.88 bits per heavy atom. The van der Waals surface area contributed by atoms with Crippen LogP contribution in [0.15, 0.2) is 48.5 Å². The van der Waals surface area contributed by atoms with Crippen molar-refractivity contribution in [2.24, 2.45) is 0 Å². The van der Waals surface area contributed by atoms with Crippen LogP contribution in [-0.2, 0) is 11.2 Å². The molecule has 0 atom stereocenters. The number of anilines is 1. The lowest BCUT2D eigenvalue weighted by Gasteiger charge is -2.11. The van der Waals surface area contributed by atoms with Gasteiger partial charge >= 0.3 is 0 Å². The normalized spacial score (nSPS) is 10.0. The van der Waals surface area contributed by atoms with E-state index in [1.54, 1.807) is 19.1 Å². The molecule has 124 valence electrons. The SMILES string of the molecule is Cc1c(NC(=S)NC(=O)CCc2ccccc2)cccc1[N+](=O)[O-]. The second-order valence-corrected chi connectivity index (χ2v) is 5.60. The Kier molecular flexibility index (Phi) is 5.97. The first-order valence-corrected chi connectivity index (χ1v) is 7.77. The number of nitrogens with one attached hydrogen (secondary N) is 2. The zero-order chi connectivity index (χ0) is 17.5. The van der Waals surface area contributed by atoms with E-state index in [0.717, 1.165) is 5.56 Å². The van der Waals surface area contributed by atoms with Crippen molar-refractivity contribution in [3.05, 3.63) is 69.8 Å². The van der Waals surface area contributed by atoms with Crippen LogP contribution < -0.4 is 10.6 Å². The van der Waals surface area contributed by atoms with E-state index in [-0.39, 0.29) is 16.7 Å². The van der Waals surface area contributed by atoms with Crippen molar-refractivity contribution >= 4 is 34.6 Å². The van der Waals surface area contributed by atoms with E-state index in [0.29, 0.717) is 24.1 Å². The van der Waals surface area contributed by atoms with Gasteiger partial charge in [0.25, 0.3) is 5.69 Å². The molecule has 0 unspecified atom stereocenters. The number of carbonyl (C=O) groups is 1. The number of hydrogen-bond donors (Lipinski definition) is 2. The minimum atomic E-state index is -0.456.